The first-order valence-electron chi connectivity index (χ1n) is 7.95. The fourth-order valence-corrected chi connectivity index (χ4v) is 2.84. The van der Waals surface area contributed by atoms with Gasteiger partial charge in [-0.15, -0.1) is 0 Å². The molecule has 2 aromatic carbocycles. The van der Waals surface area contributed by atoms with Crippen molar-refractivity contribution in [3.63, 3.8) is 0 Å². The quantitative estimate of drug-likeness (QED) is 0.744. The van der Waals surface area contributed by atoms with E-state index in [9.17, 15) is 23.1 Å². The van der Waals surface area contributed by atoms with Crippen molar-refractivity contribution < 1.29 is 23.1 Å². The molecule has 0 saturated heterocycles. The smallest absolute Gasteiger partial charge is 0.387 e. The largest absolute Gasteiger partial charge is 0.417 e. The maximum atomic E-state index is 13.0. The van der Waals surface area contributed by atoms with Gasteiger partial charge in [0.25, 0.3) is 5.91 Å². The third kappa shape index (κ3) is 3.57. The standard InChI is InChI=1S/C19H17F3N2O2/c1-24-9-8-12-10-13(6-7-16(12)24)17(25)11-23-18(26)14-4-2-3-5-15(14)19(20,21)22/h2-10,17,25H,11H2,1H3,(H,23,26)/t17-/m1/s1. The van der Waals surface area contributed by atoms with Gasteiger partial charge in [0.05, 0.1) is 17.2 Å². The van der Waals surface area contributed by atoms with Crippen molar-refractivity contribution in [2.24, 2.45) is 7.05 Å². The van der Waals surface area contributed by atoms with Gasteiger partial charge in [0.2, 0.25) is 0 Å². The Morgan fingerprint density at radius 2 is 1.92 bits per heavy atom. The van der Waals surface area contributed by atoms with Crippen LogP contribution >= 0.6 is 0 Å². The average molecular weight is 362 g/mol. The number of alkyl halides is 3. The number of benzene rings is 2. The van der Waals surface area contributed by atoms with Crippen molar-refractivity contribution in [3.05, 3.63) is 71.4 Å². The molecular formula is C19H17F3N2O2. The van der Waals surface area contributed by atoms with Gasteiger partial charge in [0, 0.05) is 25.3 Å². The van der Waals surface area contributed by atoms with Gasteiger partial charge in [-0.3, -0.25) is 4.79 Å². The number of amides is 1. The summed E-state index contributed by atoms with van der Waals surface area (Å²) in [6.45, 7) is -0.191. The summed E-state index contributed by atoms with van der Waals surface area (Å²) < 4.78 is 40.9. The van der Waals surface area contributed by atoms with E-state index in [2.05, 4.69) is 5.32 Å². The van der Waals surface area contributed by atoms with E-state index in [0.29, 0.717) is 5.56 Å². The molecule has 2 N–H and O–H groups in total. The van der Waals surface area contributed by atoms with E-state index in [4.69, 9.17) is 0 Å². The third-order valence-electron chi connectivity index (χ3n) is 4.23. The molecule has 1 amide bonds. The Morgan fingerprint density at radius 3 is 2.65 bits per heavy atom. The predicted molar refractivity (Wildman–Crippen MR) is 91.7 cm³/mol. The maximum absolute atomic E-state index is 13.0. The summed E-state index contributed by atoms with van der Waals surface area (Å²) in [6, 6.07) is 11.8. The molecule has 0 aliphatic rings. The summed E-state index contributed by atoms with van der Waals surface area (Å²) >= 11 is 0. The van der Waals surface area contributed by atoms with Gasteiger partial charge in [-0.2, -0.15) is 13.2 Å². The number of hydrogen-bond donors (Lipinski definition) is 2. The average Bonchev–Trinajstić information content (AvgIpc) is 2.99. The molecule has 0 bridgehead atoms. The number of carbonyl (C=O) groups is 1. The van der Waals surface area contributed by atoms with Crippen LogP contribution in [0, 0.1) is 0 Å². The Morgan fingerprint density at radius 1 is 1.19 bits per heavy atom. The van der Waals surface area contributed by atoms with Crippen LogP contribution in [0.25, 0.3) is 10.9 Å². The molecule has 1 atom stereocenters. The maximum Gasteiger partial charge on any atom is 0.417 e. The molecule has 4 nitrogen and oxygen atoms in total. The second-order valence-corrected chi connectivity index (χ2v) is 6.01. The van der Waals surface area contributed by atoms with Gasteiger partial charge in [-0.05, 0) is 41.3 Å². The van der Waals surface area contributed by atoms with E-state index in [-0.39, 0.29) is 6.54 Å². The molecule has 3 aromatic rings. The Balaban J connectivity index is 1.73. The van der Waals surface area contributed by atoms with E-state index >= 15 is 0 Å². The number of aliphatic hydroxyl groups excluding tert-OH is 1. The molecule has 0 unspecified atom stereocenters. The Kier molecular flexibility index (Phi) is 4.73. The number of fused-ring (bicyclic) bond motifs is 1. The van der Waals surface area contributed by atoms with Crippen LogP contribution in [0.1, 0.15) is 27.6 Å². The number of halogens is 3. The normalized spacial score (nSPS) is 13.0. The minimum atomic E-state index is -4.62. The van der Waals surface area contributed by atoms with Crippen LogP contribution in [0.3, 0.4) is 0 Å². The molecule has 0 radical (unpaired) electrons. The molecule has 0 fully saturated rings. The fraction of sp³-hybridized carbons (Fsp3) is 0.211. The Bertz CT molecular complexity index is 947. The highest BCUT2D eigenvalue weighted by atomic mass is 19.4. The Labute approximate surface area is 147 Å². The minimum Gasteiger partial charge on any atom is -0.387 e. The molecule has 0 spiro atoms. The van der Waals surface area contributed by atoms with E-state index in [1.54, 1.807) is 12.1 Å². The molecule has 3 rings (SSSR count). The van der Waals surface area contributed by atoms with E-state index < -0.39 is 29.3 Å². The van der Waals surface area contributed by atoms with Crippen LogP contribution in [0.4, 0.5) is 13.2 Å². The number of hydrogen-bond acceptors (Lipinski definition) is 2. The van der Waals surface area contributed by atoms with Crippen LogP contribution < -0.4 is 5.32 Å². The fourth-order valence-electron chi connectivity index (χ4n) is 2.84. The SMILES string of the molecule is Cn1ccc2cc([C@H](O)CNC(=O)c3ccccc3C(F)(F)F)ccc21. The topological polar surface area (TPSA) is 54.3 Å². The molecule has 0 aliphatic heterocycles. The zero-order chi connectivity index (χ0) is 18.9. The highest BCUT2D eigenvalue weighted by Gasteiger charge is 2.34. The summed E-state index contributed by atoms with van der Waals surface area (Å²) in [5.74, 6) is -0.877. The number of nitrogens with one attached hydrogen (secondary N) is 1. The van der Waals surface area contributed by atoms with Gasteiger partial charge in [-0.25, -0.2) is 0 Å². The summed E-state index contributed by atoms with van der Waals surface area (Å²) in [6.07, 6.45) is -3.76. The van der Waals surface area contributed by atoms with E-state index in [1.165, 1.54) is 12.1 Å². The molecule has 26 heavy (non-hydrogen) atoms. The minimum absolute atomic E-state index is 0.191. The molecule has 7 heteroatoms. The van der Waals surface area contributed by atoms with Crippen LogP contribution in [-0.4, -0.2) is 22.1 Å². The number of aromatic nitrogens is 1. The lowest BCUT2D eigenvalue weighted by atomic mass is 10.1. The van der Waals surface area contributed by atoms with Crippen molar-refractivity contribution in [3.8, 4) is 0 Å². The number of aliphatic hydroxyl groups is 1. The van der Waals surface area contributed by atoms with Gasteiger partial charge in [0.15, 0.2) is 0 Å². The van der Waals surface area contributed by atoms with Crippen LogP contribution in [0.2, 0.25) is 0 Å². The predicted octanol–water partition coefficient (Wildman–Crippen LogP) is 3.66. The van der Waals surface area contributed by atoms with Gasteiger partial charge < -0.3 is 15.0 Å². The van der Waals surface area contributed by atoms with E-state index in [0.717, 1.165) is 23.0 Å². The zero-order valence-electron chi connectivity index (χ0n) is 13.9. The first kappa shape index (κ1) is 18.0. The number of carbonyl (C=O) groups excluding carboxylic acids is 1. The summed E-state index contributed by atoms with van der Waals surface area (Å²) in [7, 11) is 1.90. The first-order chi connectivity index (χ1) is 12.3. The Hall–Kier alpha value is -2.80. The first-order valence-corrected chi connectivity index (χ1v) is 7.95. The van der Waals surface area contributed by atoms with Crippen LogP contribution in [0.15, 0.2) is 54.7 Å². The van der Waals surface area contributed by atoms with Crippen molar-refractivity contribution >= 4 is 16.8 Å². The monoisotopic (exact) mass is 362 g/mol. The third-order valence-corrected chi connectivity index (χ3v) is 4.23. The van der Waals surface area contributed by atoms with Gasteiger partial charge >= 0.3 is 6.18 Å². The zero-order valence-corrected chi connectivity index (χ0v) is 13.9. The lowest BCUT2D eigenvalue weighted by molar-refractivity contribution is -0.137. The summed E-state index contributed by atoms with van der Waals surface area (Å²) in [5.41, 5.74) is 0.0978. The lowest BCUT2D eigenvalue weighted by Crippen LogP contribution is -2.30. The number of nitrogens with zero attached hydrogens (tertiary/aromatic N) is 1. The molecule has 136 valence electrons. The molecular weight excluding hydrogens is 345 g/mol. The highest BCUT2D eigenvalue weighted by Crippen LogP contribution is 2.31. The second kappa shape index (κ2) is 6.84. The summed E-state index contributed by atoms with van der Waals surface area (Å²) in [5, 5.41) is 13.6. The van der Waals surface area contributed by atoms with Crippen LogP contribution in [-0.2, 0) is 13.2 Å². The molecule has 0 saturated carbocycles. The van der Waals surface area contributed by atoms with Crippen molar-refractivity contribution in [1.29, 1.82) is 0 Å². The molecule has 1 aromatic heterocycles. The van der Waals surface area contributed by atoms with Gasteiger partial charge in [0.1, 0.15) is 0 Å². The van der Waals surface area contributed by atoms with E-state index in [1.807, 2.05) is 29.9 Å². The van der Waals surface area contributed by atoms with Crippen molar-refractivity contribution in [1.82, 2.24) is 9.88 Å². The molecule has 0 aliphatic carbocycles. The van der Waals surface area contributed by atoms with Crippen molar-refractivity contribution in [2.45, 2.75) is 12.3 Å². The van der Waals surface area contributed by atoms with Gasteiger partial charge in [-0.1, -0.05) is 18.2 Å². The molecule has 1 heterocycles. The van der Waals surface area contributed by atoms with Crippen molar-refractivity contribution in [2.75, 3.05) is 6.54 Å². The highest BCUT2D eigenvalue weighted by molar-refractivity contribution is 5.95. The summed E-state index contributed by atoms with van der Waals surface area (Å²) in [4.78, 5) is 12.1. The van der Waals surface area contributed by atoms with Crippen LogP contribution in [0.5, 0.6) is 0 Å². The number of aryl methyl sites for hydroxylation is 1. The second-order valence-electron chi connectivity index (χ2n) is 6.01. The lowest BCUT2D eigenvalue weighted by Gasteiger charge is -2.15. The number of rotatable bonds is 4.